The molecule has 1 fully saturated rings. The summed E-state index contributed by atoms with van der Waals surface area (Å²) in [4.78, 5) is 12.7. The van der Waals surface area contributed by atoms with Crippen LogP contribution in [0.25, 0.3) is 0 Å². The normalized spacial score (nSPS) is 15.6. The molecule has 1 aliphatic heterocycles. The predicted octanol–water partition coefficient (Wildman–Crippen LogP) is 2.77. The second kappa shape index (κ2) is 7.71. The molecule has 0 saturated carbocycles. The van der Waals surface area contributed by atoms with E-state index in [2.05, 4.69) is 0 Å². The molecule has 0 aromatic heterocycles. The summed E-state index contributed by atoms with van der Waals surface area (Å²) < 4.78 is 32.0. The first-order chi connectivity index (χ1) is 12.8. The first-order valence-electron chi connectivity index (χ1n) is 8.16. The van der Waals surface area contributed by atoms with Crippen LogP contribution in [0.3, 0.4) is 0 Å². The quantitative estimate of drug-likeness (QED) is 0.554. The van der Waals surface area contributed by atoms with Crippen molar-refractivity contribution in [3.8, 4) is 5.75 Å². The lowest BCUT2D eigenvalue weighted by molar-refractivity contribution is -0.385. The SMILES string of the molecule is COc1cc(N2CCN(S(=O)(=O)c3ccc(Cl)cc3)CC2)ccc1[N+](=O)[O-]. The van der Waals surface area contributed by atoms with Gasteiger partial charge in [0.15, 0.2) is 5.75 Å². The number of sulfonamides is 1. The van der Waals surface area contributed by atoms with Crippen LogP contribution >= 0.6 is 11.6 Å². The molecule has 10 heteroatoms. The van der Waals surface area contributed by atoms with Gasteiger partial charge in [0.2, 0.25) is 10.0 Å². The molecular formula is C17H18ClN3O5S. The first kappa shape index (κ1) is 19.4. The summed E-state index contributed by atoms with van der Waals surface area (Å²) in [6.07, 6.45) is 0. The van der Waals surface area contributed by atoms with Crippen molar-refractivity contribution < 1.29 is 18.1 Å². The van der Waals surface area contributed by atoms with E-state index >= 15 is 0 Å². The minimum Gasteiger partial charge on any atom is -0.490 e. The van der Waals surface area contributed by atoms with Crippen molar-refractivity contribution in [1.82, 2.24) is 4.31 Å². The van der Waals surface area contributed by atoms with Crippen molar-refractivity contribution in [1.29, 1.82) is 0 Å². The van der Waals surface area contributed by atoms with Gasteiger partial charge < -0.3 is 9.64 Å². The van der Waals surface area contributed by atoms with E-state index in [-0.39, 0.29) is 16.3 Å². The van der Waals surface area contributed by atoms with Gasteiger partial charge >= 0.3 is 5.69 Å². The number of ether oxygens (including phenoxy) is 1. The summed E-state index contributed by atoms with van der Waals surface area (Å²) >= 11 is 5.82. The third kappa shape index (κ3) is 4.00. The molecule has 27 heavy (non-hydrogen) atoms. The highest BCUT2D eigenvalue weighted by Crippen LogP contribution is 2.32. The summed E-state index contributed by atoms with van der Waals surface area (Å²) in [5, 5.41) is 11.5. The van der Waals surface area contributed by atoms with Gasteiger partial charge in [0.25, 0.3) is 0 Å². The zero-order chi connectivity index (χ0) is 19.6. The van der Waals surface area contributed by atoms with Gasteiger partial charge in [-0.15, -0.1) is 0 Å². The van der Waals surface area contributed by atoms with Gasteiger partial charge in [-0.3, -0.25) is 10.1 Å². The van der Waals surface area contributed by atoms with Crippen LogP contribution < -0.4 is 9.64 Å². The number of nitrogens with zero attached hydrogens (tertiary/aromatic N) is 3. The fraction of sp³-hybridized carbons (Fsp3) is 0.294. The van der Waals surface area contributed by atoms with E-state index in [0.29, 0.717) is 31.2 Å². The van der Waals surface area contributed by atoms with Crippen LogP contribution in [0.5, 0.6) is 5.75 Å². The van der Waals surface area contributed by atoms with E-state index in [1.807, 2.05) is 4.90 Å². The van der Waals surface area contributed by atoms with E-state index in [1.54, 1.807) is 24.3 Å². The minimum atomic E-state index is -3.58. The summed E-state index contributed by atoms with van der Waals surface area (Å²) in [6, 6.07) is 10.7. The largest absolute Gasteiger partial charge is 0.490 e. The van der Waals surface area contributed by atoms with Crippen LogP contribution in [0.2, 0.25) is 5.02 Å². The van der Waals surface area contributed by atoms with Crippen molar-refractivity contribution in [2.24, 2.45) is 0 Å². The Morgan fingerprint density at radius 3 is 2.26 bits per heavy atom. The maximum atomic E-state index is 12.7. The third-order valence-electron chi connectivity index (χ3n) is 4.42. The number of hydrogen-bond acceptors (Lipinski definition) is 6. The molecule has 0 unspecified atom stereocenters. The molecular weight excluding hydrogens is 394 g/mol. The smallest absolute Gasteiger partial charge is 0.311 e. The van der Waals surface area contributed by atoms with Crippen LogP contribution in [-0.4, -0.2) is 50.9 Å². The second-order valence-electron chi connectivity index (χ2n) is 5.96. The highest BCUT2D eigenvalue weighted by molar-refractivity contribution is 7.89. The van der Waals surface area contributed by atoms with Crippen molar-refractivity contribution in [3.63, 3.8) is 0 Å². The van der Waals surface area contributed by atoms with E-state index in [0.717, 1.165) is 5.69 Å². The van der Waals surface area contributed by atoms with E-state index in [9.17, 15) is 18.5 Å². The fourth-order valence-corrected chi connectivity index (χ4v) is 4.50. The highest BCUT2D eigenvalue weighted by atomic mass is 35.5. The maximum absolute atomic E-state index is 12.7. The Morgan fingerprint density at radius 2 is 1.70 bits per heavy atom. The Hall–Kier alpha value is -2.36. The fourth-order valence-electron chi connectivity index (χ4n) is 2.96. The van der Waals surface area contributed by atoms with Crippen molar-refractivity contribution >= 4 is 33.0 Å². The number of benzene rings is 2. The summed E-state index contributed by atoms with van der Waals surface area (Å²) in [6.45, 7) is 1.55. The zero-order valence-corrected chi connectivity index (χ0v) is 16.1. The Balaban J connectivity index is 1.73. The lowest BCUT2D eigenvalue weighted by Crippen LogP contribution is -2.48. The number of halogens is 1. The van der Waals surface area contributed by atoms with Crippen LogP contribution in [0, 0.1) is 10.1 Å². The van der Waals surface area contributed by atoms with Gasteiger partial charge in [0.05, 0.1) is 16.9 Å². The molecule has 1 aliphatic rings. The first-order valence-corrected chi connectivity index (χ1v) is 9.98. The van der Waals surface area contributed by atoms with Gasteiger partial charge in [-0.25, -0.2) is 8.42 Å². The number of methoxy groups -OCH3 is 1. The average Bonchev–Trinajstić information content (AvgIpc) is 2.67. The van der Waals surface area contributed by atoms with Crippen molar-refractivity contribution in [2.75, 3.05) is 38.2 Å². The summed E-state index contributed by atoms with van der Waals surface area (Å²) in [5.41, 5.74) is 0.645. The van der Waals surface area contributed by atoms with E-state index in [1.165, 1.54) is 29.6 Å². The van der Waals surface area contributed by atoms with Crippen LogP contribution in [0.4, 0.5) is 11.4 Å². The standard InChI is InChI=1S/C17H18ClN3O5S/c1-26-17-12-14(4-7-16(17)21(22)23)19-8-10-20(11-9-19)27(24,25)15-5-2-13(18)3-6-15/h2-7,12H,8-11H2,1H3. The molecule has 144 valence electrons. The summed E-state index contributed by atoms with van der Waals surface area (Å²) in [5.74, 6) is 0.175. The van der Waals surface area contributed by atoms with E-state index < -0.39 is 14.9 Å². The van der Waals surface area contributed by atoms with Gasteiger partial charge in [0.1, 0.15) is 0 Å². The molecule has 8 nitrogen and oxygen atoms in total. The zero-order valence-electron chi connectivity index (χ0n) is 14.5. The molecule has 0 N–H and O–H groups in total. The van der Waals surface area contributed by atoms with Crippen LogP contribution in [-0.2, 0) is 10.0 Å². The molecule has 0 radical (unpaired) electrons. The molecule has 0 aliphatic carbocycles. The number of rotatable bonds is 5. The number of piperazine rings is 1. The van der Waals surface area contributed by atoms with Crippen molar-refractivity contribution in [2.45, 2.75) is 4.90 Å². The Morgan fingerprint density at radius 1 is 1.07 bits per heavy atom. The Labute approximate surface area is 162 Å². The molecule has 2 aromatic carbocycles. The molecule has 1 saturated heterocycles. The monoisotopic (exact) mass is 411 g/mol. The topological polar surface area (TPSA) is 93.0 Å². The van der Waals surface area contributed by atoms with Gasteiger partial charge in [-0.1, -0.05) is 11.6 Å². The number of nitro benzene ring substituents is 1. The molecule has 1 heterocycles. The molecule has 0 spiro atoms. The van der Waals surface area contributed by atoms with Gasteiger partial charge in [-0.2, -0.15) is 4.31 Å². The number of nitro groups is 1. The van der Waals surface area contributed by atoms with Gasteiger partial charge in [-0.05, 0) is 30.3 Å². The molecule has 0 bridgehead atoms. The van der Waals surface area contributed by atoms with Crippen LogP contribution in [0.1, 0.15) is 0 Å². The van der Waals surface area contributed by atoms with Crippen molar-refractivity contribution in [3.05, 3.63) is 57.6 Å². The minimum absolute atomic E-state index is 0.106. The molecule has 3 rings (SSSR count). The Bertz CT molecular complexity index is 942. The number of hydrogen-bond donors (Lipinski definition) is 0. The Kier molecular flexibility index (Phi) is 5.54. The summed E-state index contributed by atoms with van der Waals surface area (Å²) in [7, 11) is -2.20. The average molecular weight is 412 g/mol. The lowest BCUT2D eigenvalue weighted by Gasteiger charge is -2.35. The van der Waals surface area contributed by atoms with Crippen LogP contribution in [0.15, 0.2) is 47.4 Å². The predicted molar refractivity (Wildman–Crippen MR) is 102 cm³/mol. The highest BCUT2D eigenvalue weighted by Gasteiger charge is 2.29. The molecule has 0 atom stereocenters. The number of anilines is 1. The van der Waals surface area contributed by atoms with Gasteiger partial charge in [0, 0.05) is 49.0 Å². The molecule has 0 amide bonds. The molecule has 2 aromatic rings. The second-order valence-corrected chi connectivity index (χ2v) is 8.33. The van der Waals surface area contributed by atoms with E-state index in [4.69, 9.17) is 16.3 Å². The lowest BCUT2D eigenvalue weighted by atomic mass is 10.2. The third-order valence-corrected chi connectivity index (χ3v) is 6.58. The maximum Gasteiger partial charge on any atom is 0.311 e.